The van der Waals surface area contributed by atoms with Gasteiger partial charge in [-0.15, -0.1) is 0 Å². The highest BCUT2D eigenvalue weighted by Crippen LogP contribution is 2.32. The summed E-state index contributed by atoms with van der Waals surface area (Å²) < 4.78 is 0. The van der Waals surface area contributed by atoms with Crippen molar-refractivity contribution in [3.05, 3.63) is 23.8 Å². The van der Waals surface area contributed by atoms with Crippen LogP contribution in [0.25, 0.3) is 0 Å². The molecule has 1 unspecified atom stereocenters. The van der Waals surface area contributed by atoms with Gasteiger partial charge in [-0.05, 0) is 65.7 Å². The minimum atomic E-state index is -0.00759. The van der Waals surface area contributed by atoms with Gasteiger partial charge >= 0.3 is 0 Å². The first-order chi connectivity index (χ1) is 9.58. The van der Waals surface area contributed by atoms with Gasteiger partial charge in [0.2, 0.25) is 0 Å². The van der Waals surface area contributed by atoms with Crippen molar-refractivity contribution in [1.82, 2.24) is 10.6 Å². The molecule has 4 nitrogen and oxygen atoms in total. The number of benzene rings is 1. The van der Waals surface area contributed by atoms with Crippen molar-refractivity contribution in [2.45, 2.75) is 70.6 Å². The Kier molecular flexibility index (Phi) is 4.22. The fourth-order valence-electron chi connectivity index (χ4n) is 3.77. The Morgan fingerprint density at radius 3 is 2.29 bits per heavy atom. The molecular formula is C17H28N2O2. The predicted molar refractivity (Wildman–Crippen MR) is 85.6 cm³/mol. The molecule has 1 atom stereocenters. The maximum atomic E-state index is 9.98. The molecule has 1 aliphatic heterocycles. The van der Waals surface area contributed by atoms with Crippen LogP contribution in [0, 0.1) is 0 Å². The maximum Gasteiger partial charge on any atom is 0.120 e. The summed E-state index contributed by atoms with van der Waals surface area (Å²) in [5.41, 5.74) is 0.907. The van der Waals surface area contributed by atoms with Crippen molar-refractivity contribution in [2.24, 2.45) is 0 Å². The predicted octanol–water partition coefficient (Wildman–Crippen LogP) is 3.06. The number of rotatable bonds is 3. The van der Waals surface area contributed by atoms with E-state index in [1.165, 1.54) is 6.07 Å². The highest BCUT2D eigenvalue weighted by Gasteiger charge is 2.38. The molecule has 1 aliphatic rings. The number of phenols is 2. The summed E-state index contributed by atoms with van der Waals surface area (Å²) >= 11 is 0. The Balaban J connectivity index is 2.12. The van der Waals surface area contributed by atoms with Crippen LogP contribution in [0.4, 0.5) is 0 Å². The Labute approximate surface area is 127 Å². The summed E-state index contributed by atoms with van der Waals surface area (Å²) in [5, 5.41) is 26.9. The van der Waals surface area contributed by atoms with Gasteiger partial charge in [-0.1, -0.05) is 0 Å². The molecule has 1 aromatic carbocycles. The smallest absolute Gasteiger partial charge is 0.120 e. The van der Waals surface area contributed by atoms with Crippen LogP contribution in [0.1, 0.15) is 59.1 Å². The first-order valence-corrected chi connectivity index (χ1v) is 7.65. The van der Waals surface area contributed by atoms with Gasteiger partial charge in [0.15, 0.2) is 0 Å². The molecular weight excluding hydrogens is 264 g/mol. The van der Waals surface area contributed by atoms with Gasteiger partial charge < -0.3 is 20.8 Å². The summed E-state index contributed by atoms with van der Waals surface area (Å²) in [7, 11) is 0. The largest absolute Gasteiger partial charge is 0.508 e. The number of phenolic OH excluding ortho intramolecular Hbond substituents is 2. The van der Waals surface area contributed by atoms with Crippen molar-refractivity contribution in [3.63, 3.8) is 0 Å². The number of hydrogen-bond acceptors (Lipinski definition) is 4. The van der Waals surface area contributed by atoms with Crippen LogP contribution in [-0.2, 0) is 0 Å². The van der Waals surface area contributed by atoms with E-state index in [0.717, 1.165) is 18.4 Å². The van der Waals surface area contributed by atoms with Crippen molar-refractivity contribution >= 4 is 0 Å². The third-order valence-electron chi connectivity index (χ3n) is 4.15. The average Bonchev–Trinajstić information content (AvgIpc) is 2.27. The van der Waals surface area contributed by atoms with E-state index in [1.807, 2.05) is 6.92 Å². The Hall–Kier alpha value is -1.26. The normalized spacial score (nSPS) is 22.9. The molecule has 0 radical (unpaired) electrons. The van der Waals surface area contributed by atoms with Gasteiger partial charge in [-0.25, -0.2) is 0 Å². The highest BCUT2D eigenvalue weighted by atomic mass is 16.3. The Morgan fingerprint density at radius 1 is 1.14 bits per heavy atom. The molecule has 0 bridgehead atoms. The summed E-state index contributed by atoms with van der Waals surface area (Å²) in [6.45, 7) is 10.9. The fraction of sp³-hybridized carbons (Fsp3) is 0.647. The van der Waals surface area contributed by atoms with Crippen LogP contribution in [0.15, 0.2) is 18.2 Å². The molecule has 0 aromatic heterocycles. The molecule has 1 saturated heterocycles. The zero-order valence-electron chi connectivity index (χ0n) is 13.7. The summed E-state index contributed by atoms with van der Waals surface area (Å²) in [6.07, 6.45) is 2.06. The number of hydrogen-bond donors (Lipinski definition) is 4. The molecule has 4 N–H and O–H groups in total. The lowest BCUT2D eigenvalue weighted by Crippen LogP contribution is -2.61. The van der Waals surface area contributed by atoms with E-state index in [1.54, 1.807) is 12.1 Å². The monoisotopic (exact) mass is 292 g/mol. The van der Waals surface area contributed by atoms with E-state index in [2.05, 4.69) is 38.3 Å². The minimum absolute atomic E-state index is 0.00759. The molecule has 21 heavy (non-hydrogen) atoms. The second-order valence-corrected chi connectivity index (χ2v) is 7.63. The van der Waals surface area contributed by atoms with Crippen molar-refractivity contribution in [2.75, 3.05) is 0 Å². The molecule has 0 saturated carbocycles. The maximum absolute atomic E-state index is 9.98. The lowest BCUT2D eigenvalue weighted by Gasteiger charge is -2.47. The standard InChI is InChI=1S/C17H28N2O2/c1-11(14-8-13(20)6-7-15(14)21)18-12-9-16(2,3)19-17(4,5)10-12/h6-8,11-12,18-21H,9-10H2,1-5H3. The van der Waals surface area contributed by atoms with Crippen LogP contribution >= 0.6 is 0 Å². The van der Waals surface area contributed by atoms with Gasteiger partial charge in [0.1, 0.15) is 11.5 Å². The quantitative estimate of drug-likeness (QED) is 0.647. The number of piperidine rings is 1. The van der Waals surface area contributed by atoms with Gasteiger partial charge in [-0.3, -0.25) is 0 Å². The Morgan fingerprint density at radius 2 is 1.71 bits per heavy atom. The van der Waals surface area contributed by atoms with E-state index in [0.29, 0.717) is 6.04 Å². The third-order valence-corrected chi connectivity index (χ3v) is 4.15. The fourth-order valence-corrected chi connectivity index (χ4v) is 3.77. The second-order valence-electron chi connectivity index (χ2n) is 7.63. The molecule has 0 spiro atoms. The van der Waals surface area contributed by atoms with E-state index < -0.39 is 0 Å². The average molecular weight is 292 g/mol. The zero-order chi connectivity index (χ0) is 15.8. The SMILES string of the molecule is CC(NC1CC(C)(C)NC(C)(C)C1)c1cc(O)ccc1O. The van der Waals surface area contributed by atoms with Crippen LogP contribution in [-0.4, -0.2) is 27.3 Å². The molecule has 1 fully saturated rings. The van der Waals surface area contributed by atoms with Crippen LogP contribution in [0.3, 0.4) is 0 Å². The molecule has 1 aromatic rings. The van der Waals surface area contributed by atoms with Crippen LogP contribution in [0.5, 0.6) is 11.5 Å². The van der Waals surface area contributed by atoms with Crippen LogP contribution < -0.4 is 10.6 Å². The molecule has 4 heteroatoms. The summed E-state index contributed by atoms with van der Waals surface area (Å²) in [6, 6.07) is 5.03. The molecule has 0 amide bonds. The molecule has 0 aliphatic carbocycles. The minimum Gasteiger partial charge on any atom is -0.508 e. The first kappa shape index (κ1) is 16.1. The number of aromatic hydroxyl groups is 2. The Bertz CT molecular complexity index is 496. The topological polar surface area (TPSA) is 64.5 Å². The van der Waals surface area contributed by atoms with Gasteiger partial charge in [0.05, 0.1) is 0 Å². The highest BCUT2D eigenvalue weighted by molar-refractivity contribution is 5.40. The van der Waals surface area contributed by atoms with Gasteiger partial charge in [-0.2, -0.15) is 0 Å². The first-order valence-electron chi connectivity index (χ1n) is 7.65. The molecule has 2 rings (SSSR count). The van der Waals surface area contributed by atoms with E-state index >= 15 is 0 Å². The van der Waals surface area contributed by atoms with E-state index in [9.17, 15) is 10.2 Å². The zero-order valence-corrected chi connectivity index (χ0v) is 13.7. The van der Waals surface area contributed by atoms with Crippen molar-refractivity contribution in [3.8, 4) is 11.5 Å². The second kappa shape index (κ2) is 5.50. The van der Waals surface area contributed by atoms with Gasteiger partial charge in [0, 0.05) is 28.7 Å². The van der Waals surface area contributed by atoms with Crippen molar-refractivity contribution in [1.29, 1.82) is 0 Å². The van der Waals surface area contributed by atoms with Gasteiger partial charge in [0.25, 0.3) is 0 Å². The molecule has 1 heterocycles. The molecule has 118 valence electrons. The summed E-state index contributed by atoms with van der Waals surface area (Å²) in [5.74, 6) is 0.405. The lowest BCUT2D eigenvalue weighted by molar-refractivity contribution is 0.140. The van der Waals surface area contributed by atoms with Crippen molar-refractivity contribution < 1.29 is 10.2 Å². The summed E-state index contributed by atoms with van der Waals surface area (Å²) in [4.78, 5) is 0. The van der Waals surface area contributed by atoms with Crippen LogP contribution in [0.2, 0.25) is 0 Å². The lowest BCUT2D eigenvalue weighted by atomic mass is 9.79. The van der Waals surface area contributed by atoms with E-state index in [-0.39, 0.29) is 28.6 Å². The van der Waals surface area contributed by atoms with E-state index in [4.69, 9.17) is 0 Å². The third kappa shape index (κ3) is 4.11. The number of nitrogens with one attached hydrogen (secondary N) is 2.